The summed E-state index contributed by atoms with van der Waals surface area (Å²) in [4.78, 5) is 12.1. The zero-order valence-electron chi connectivity index (χ0n) is 17.2. The number of allylic oxidation sites excluding steroid dienone is 2. The van der Waals surface area contributed by atoms with Crippen LogP contribution in [-0.4, -0.2) is 12.2 Å². The Morgan fingerprint density at radius 2 is 1.08 bits per heavy atom. The van der Waals surface area contributed by atoms with Crippen molar-refractivity contribution >= 4 is 0 Å². The highest BCUT2D eigenvalue weighted by Crippen LogP contribution is 2.35. The van der Waals surface area contributed by atoms with E-state index < -0.39 is 0 Å². The van der Waals surface area contributed by atoms with E-state index in [4.69, 9.17) is 9.78 Å². The van der Waals surface area contributed by atoms with E-state index in [1.807, 2.05) is 12.2 Å². The second-order valence-corrected chi connectivity index (χ2v) is 8.29. The third-order valence-electron chi connectivity index (χ3n) is 5.60. The van der Waals surface area contributed by atoms with Gasteiger partial charge in [0.2, 0.25) is 0 Å². The van der Waals surface area contributed by atoms with Crippen molar-refractivity contribution in [2.45, 2.75) is 105 Å². The fourth-order valence-corrected chi connectivity index (χ4v) is 2.62. The molecule has 0 heterocycles. The maximum absolute atomic E-state index is 6.07. The predicted molar refractivity (Wildman–Crippen MR) is 106 cm³/mol. The highest BCUT2D eigenvalue weighted by Gasteiger charge is 2.33. The lowest BCUT2D eigenvalue weighted by Crippen LogP contribution is -2.37. The van der Waals surface area contributed by atoms with Gasteiger partial charge < -0.3 is 0 Å². The van der Waals surface area contributed by atoms with E-state index in [2.05, 4.69) is 54.7 Å². The van der Waals surface area contributed by atoms with Crippen molar-refractivity contribution in [2.24, 2.45) is 10.8 Å². The molecule has 0 aliphatic rings. The van der Waals surface area contributed by atoms with E-state index >= 15 is 0 Å². The molecule has 2 nitrogen and oxygen atoms in total. The van der Waals surface area contributed by atoms with Crippen molar-refractivity contribution in [1.82, 2.24) is 0 Å². The first-order chi connectivity index (χ1) is 11.2. The molecule has 0 aromatic heterocycles. The van der Waals surface area contributed by atoms with Crippen LogP contribution in [0.5, 0.6) is 0 Å². The van der Waals surface area contributed by atoms with Crippen LogP contribution < -0.4 is 0 Å². The molecule has 2 atom stereocenters. The third kappa shape index (κ3) is 8.48. The van der Waals surface area contributed by atoms with Crippen LogP contribution in [0.4, 0.5) is 0 Å². The summed E-state index contributed by atoms with van der Waals surface area (Å²) in [6.45, 7) is 21.2. The molecule has 2 heteroatoms. The molecule has 0 aromatic carbocycles. The monoisotopic (exact) mass is 338 g/mol. The first-order valence-corrected chi connectivity index (χ1v) is 9.79. The highest BCUT2D eigenvalue weighted by atomic mass is 17.2. The van der Waals surface area contributed by atoms with Crippen LogP contribution in [0.25, 0.3) is 0 Å². The summed E-state index contributed by atoms with van der Waals surface area (Å²) < 4.78 is 0. The van der Waals surface area contributed by atoms with Crippen molar-refractivity contribution in [3.8, 4) is 0 Å². The van der Waals surface area contributed by atoms with E-state index in [9.17, 15) is 0 Å². The maximum Gasteiger partial charge on any atom is 0.0980 e. The van der Waals surface area contributed by atoms with E-state index in [0.29, 0.717) is 0 Å². The minimum Gasteiger partial charge on any atom is -0.233 e. The molecule has 142 valence electrons. The van der Waals surface area contributed by atoms with Crippen LogP contribution in [0, 0.1) is 10.8 Å². The molecule has 0 radical (unpaired) electrons. The Hall–Kier alpha value is -0.600. The van der Waals surface area contributed by atoms with Gasteiger partial charge in [-0.05, 0) is 62.2 Å². The summed E-state index contributed by atoms with van der Waals surface area (Å²) in [5, 5.41) is 0. The zero-order valence-corrected chi connectivity index (χ0v) is 17.2. The molecular formula is C22H42O2. The highest BCUT2D eigenvalue weighted by molar-refractivity contribution is 4.81. The molecule has 0 aromatic rings. The van der Waals surface area contributed by atoms with Gasteiger partial charge in [-0.3, -0.25) is 0 Å². The Kier molecular flexibility index (Phi) is 11.6. The van der Waals surface area contributed by atoms with Crippen LogP contribution in [0.15, 0.2) is 25.3 Å². The third-order valence-corrected chi connectivity index (χ3v) is 5.60. The number of unbranched alkanes of at least 4 members (excludes halogenated alkanes) is 2. The summed E-state index contributed by atoms with van der Waals surface area (Å²) in [5.41, 5.74) is 0.229. The minimum atomic E-state index is 0.114. The molecule has 0 amide bonds. The van der Waals surface area contributed by atoms with Crippen LogP contribution in [-0.2, 0) is 9.78 Å². The topological polar surface area (TPSA) is 18.5 Å². The average Bonchev–Trinajstić information content (AvgIpc) is 2.55. The summed E-state index contributed by atoms with van der Waals surface area (Å²) in [6.07, 6.45) is 12.6. The molecule has 0 aliphatic carbocycles. The fraction of sp³-hybridized carbons (Fsp3) is 0.818. The Labute approximate surface area is 151 Å². The van der Waals surface area contributed by atoms with Crippen molar-refractivity contribution in [1.29, 1.82) is 0 Å². The largest absolute Gasteiger partial charge is 0.233 e. The number of rotatable bonds is 15. The summed E-state index contributed by atoms with van der Waals surface area (Å²) >= 11 is 0. The summed E-state index contributed by atoms with van der Waals surface area (Å²) in [5.74, 6) is 0. The molecule has 0 saturated heterocycles. The standard InChI is InChI=1S/C22H42O2/c1-9-13-15-17-19(21(5,6)11-3)23-24-20(18-16-14-10-2)22(7,8)12-4/h9-10,19-20H,1-2,11-18H2,3-8H3. The number of hydrogen-bond donors (Lipinski definition) is 0. The SMILES string of the molecule is C=CCCCC(OOC(CCCC=C)C(C)(C)CC)C(C)(C)CC. The summed E-state index contributed by atoms with van der Waals surface area (Å²) in [7, 11) is 0. The number of hydrogen-bond acceptors (Lipinski definition) is 2. The molecule has 0 N–H and O–H groups in total. The fourth-order valence-electron chi connectivity index (χ4n) is 2.62. The smallest absolute Gasteiger partial charge is 0.0980 e. The van der Waals surface area contributed by atoms with Crippen molar-refractivity contribution in [3.05, 3.63) is 25.3 Å². The maximum atomic E-state index is 6.07. The predicted octanol–water partition coefficient (Wildman–Crippen LogP) is 7.26. The Morgan fingerprint density at radius 1 is 0.750 bits per heavy atom. The van der Waals surface area contributed by atoms with Crippen molar-refractivity contribution in [3.63, 3.8) is 0 Å². The lowest BCUT2D eigenvalue weighted by Gasteiger charge is -2.37. The molecule has 0 spiro atoms. The molecule has 0 fully saturated rings. The van der Waals surface area contributed by atoms with Crippen molar-refractivity contribution in [2.75, 3.05) is 0 Å². The second kappa shape index (κ2) is 11.9. The van der Waals surface area contributed by atoms with Gasteiger partial charge >= 0.3 is 0 Å². The van der Waals surface area contributed by atoms with Gasteiger partial charge in [0.05, 0.1) is 12.2 Å². The van der Waals surface area contributed by atoms with Gasteiger partial charge in [0.25, 0.3) is 0 Å². The molecule has 0 rings (SSSR count). The van der Waals surface area contributed by atoms with Crippen LogP contribution >= 0.6 is 0 Å². The lowest BCUT2D eigenvalue weighted by atomic mass is 9.81. The van der Waals surface area contributed by atoms with E-state index in [1.165, 1.54) is 0 Å². The Bertz CT molecular complexity index is 310. The molecular weight excluding hydrogens is 296 g/mol. The van der Waals surface area contributed by atoms with Gasteiger partial charge in [0, 0.05) is 0 Å². The molecule has 0 aliphatic heterocycles. The van der Waals surface area contributed by atoms with Gasteiger partial charge in [-0.2, -0.15) is 0 Å². The molecule has 2 unspecified atom stereocenters. The van der Waals surface area contributed by atoms with Gasteiger partial charge in [-0.25, -0.2) is 9.78 Å². The van der Waals surface area contributed by atoms with Gasteiger partial charge in [0.15, 0.2) is 0 Å². The van der Waals surface area contributed by atoms with Gasteiger partial charge in [-0.15, -0.1) is 13.2 Å². The Morgan fingerprint density at radius 3 is 1.33 bits per heavy atom. The summed E-state index contributed by atoms with van der Waals surface area (Å²) in [6, 6.07) is 0. The van der Waals surface area contributed by atoms with E-state index in [-0.39, 0.29) is 23.0 Å². The van der Waals surface area contributed by atoms with Crippen molar-refractivity contribution < 1.29 is 9.78 Å². The van der Waals surface area contributed by atoms with Crippen LogP contribution in [0.1, 0.15) is 92.9 Å². The molecule has 0 bridgehead atoms. The second-order valence-electron chi connectivity index (χ2n) is 8.29. The first kappa shape index (κ1) is 23.4. The zero-order chi connectivity index (χ0) is 18.6. The minimum absolute atomic E-state index is 0.114. The van der Waals surface area contributed by atoms with Gasteiger partial charge in [0.1, 0.15) is 0 Å². The van der Waals surface area contributed by atoms with Crippen LogP contribution in [0.3, 0.4) is 0 Å². The Balaban J connectivity index is 4.86. The van der Waals surface area contributed by atoms with Crippen LogP contribution in [0.2, 0.25) is 0 Å². The first-order valence-electron chi connectivity index (χ1n) is 9.79. The molecule has 24 heavy (non-hydrogen) atoms. The quantitative estimate of drug-likeness (QED) is 0.135. The van der Waals surface area contributed by atoms with Gasteiger partial charge in [-0.1, -0.05) is 53.7 Å². The van der Waals surface area contributed by atoms with E-state index in [1.54, 1.807) is 0 Å². The van der Waals surface area contributed by atoms with E-state index in [0.717, 1.165) is 51.4 Å². The average molecular weight is 339 g/mol. The lowest BCUT2D eigenvalue weighted by molar-refractivity contribution is -0.383. The normalized spacial score (nSPS) is 15.1. The molecule has 0 saturated carbocycles.